The molecule has 192 valence electrons. The Balaban J connectivity index is 2.22. The van der Waals surface area contributed by atoms with Crippen molar-refractivity contribution in [3.8, 4) is 11.5 Å². The van der Waals surface area contributed by atoms with Gasteiger partial charge in [-0.15, -0.1) is 0 Å². The third-order valence-corrected chi connectivity index (χ3v) is 5.97. The summed E-state index contributed by atoms with van der Waals surface area (Å²) < 4.78 is 48.9. The van der Waals surface area contributed by atoms with E-state index in [1.807, 2.05) is 0 Å². The summed E-state index contributed by atoms with van der Waals surface area (Å²) in [5, 5.41) is 21.9. The Morgan fingerprint density at radius 2 is 1.28 bits per heavy atom. The molecule has 0 radical (unpaired) electrons. The van der Waals surface area contributed by atoms with E-state index in [1.54, 1.807) is 84.3 Å². The Morgan fingerprint density at radius 1 is 0.833 bits per heavy atom. The predicted octanol–water partition coefficient (Wildman–Crippen LogP) is 2.94. The standard InChI is InChI=1S/C26H27F3N2O5/c1-35-20-12-8-18(9-13-20)25(17-6-4-3-5-7-17,19-10-14-21(36-2)15-11-19)23(33)22(16-32)30-31-24(34)26(27,28)29/h3-15,22-23,30,32-33H,16H2,1-2H3,(H,31,34)/t22-,23?/m0/s1. The second-order valence-electron chi connectivity index (χ2n) is 7.96. The molecule has 3 aromatic carbocycles. The van der Waals surface area contributed by atoms with Crippen molar-refractivity contribution >= 4 is 5.91 Å². The van der Waals surface area contributed by atoms with Crippen LogP contribution in [0, 0.1) is 0 Å². The molecule has 3 aromatic rings. The van der Waals surface area contributed by atoms with E-state index in [0.29, 0.717) is 28.2 Å². The van der Waals surface area contributed by atoms with Crippen molar-refractivity contribution in [3.05, 3.63) is 95.6 Å². The van der Waals surface area contributed by atoms with Crippen LogP contribution in [0.1, 0.15) is 16.7 Å². The van der Waals surface area contributed by atoms with Gasteiger partial charge in [0, 0.05) is 0 Å². The number of amides is 1. The minimum absolute atomic E-state index is 0.555. The second-order valence-corrected chi connectivity index (χ2v) is 7.96. The summed E-state index contributed by atoms with van der Waals surface area (Å²) in [6, 6.07) is 21.1. The highest BCUT2D eigenvalue weighted by atomic mass is 19.4. The van der Waals surface area contributed by atoms with Crippen molar-refractivity contribution in [2.75, 3.05) is 20.8 Å². The lowest BCUT2D eigenvalue weighted by Crippen LogP contribution is -2.60. The highest BCUT2D eigenvalue weighted by molar-refractivity contribution is 5.81. The third kappa shape index (κ3) is 5.46. The summed E-state index contributed by atoms with van der Waals surface area (Å²) in [4.78, 5) is 11.4. The van der Waals surface area contributed by atoms with Gasteiger partial charge in [0.15, 0.2) is 0 Å². The molecule has 0 aromatic heterocycles. The number of aliphatic hydroxyl groups excluding tert-OH is 2. The maximum atomic E-state index is 12.8. The second kappa shape index (κ2) is 11.4. The molecule has 0 spiro atoms. The molecule has 3 rings (SSSR count). The highest BCUT2D eigenvalue weighted by Gasteiger charge is 2.47. The maximum absolute atomic E-state index is 12.8. The van der Waals surface area contributed by atoms with Crippen molar-refractivity contribution in [1.29, 1.82) is 0 Å². The maximum Gasteiger partial charge on any atom is 0.472 e. The van der Waals surface area contributed by atoms with Gasteiger partial charge in [-0.3, -0.25) is 10.2 Å². The minimum atomic E-state index is -5.15. The van der Waals surface area contributed by atoms with Gasteiger partial charge in [0.1, 0.15) is 11.5 Å². The normalized spacial score (nSPS) is 13.5. The Kier molecular flexibility index (Phi) is 8.57. The number of methoxy groups -OCH3 is 2. The molecule has 4 N–H and O–H groups in total. The molecule has 0 aliphatic carbocycles. The van der Waals surface area contributed by atoms with Gasteiger partial charge in [0.05, 0.1) is 38.4 Å². The van der Waals surface area contributed by atoms with E-state index in [1.165, 1.54) is 14.2 Å². The lowest BCUT2D eigenvalue weighted by Gasteiger charge is -2.43. The topological polar surface area (TPSA) is 100 Å². The largest absolute Gasteiger partial charge is 0.497 e. The van der Waals surface area contributed by atoms with Crippen molar-refractivity contribution < 1.29 is 37.7 Å². The predicted molar refractivity (Wildman–Crippen MR) is 127 cm³/mol. The van der Waals surface area contributed by atoms with Crippen molar-refractivity contribution in [2.24, 2.45) is 0 Å². The van der Waals surface area contributed by atoms with Gasteiger partial charge in [0.2, 0.25) is 0 Å². The average molecular weight is 505 g/mol. The van der Waals surface area contributed by atoms with Crippen LogP contribution in [-0.4, -0.2) is 55.3 Å². The van der Waals surface area contributed by atoms with Crippen LogP contribution in [0.4, 0.5) is 13.2 Å². The molecule has 0 saturated heterocycles. The lowest BCUT2D eigenvalue weighted by atomic mass is 9.64. The summed E-state index contributed by atoms with van der Waals surface area (Å²) in [6.45, 7) is -0.791. The molecule has 0 aliphatic rings. The molecule has 0 heterocycles. The number of aliphatic hydroxyl groups is 2. The number of benzene rings is 3. The number of halogens is 3. The number of hydrogen-bond acceptors (Lipinski definition) is 6. The first-order valence-corrected chi connectivity index (χ1v) is 10.9. The van der Waals surface area contributed by atoms with Gasteiger partial charge in [0.25, 0.3) is 0 Å². The van der Waals surface area contributed by atoms with E-state index in [4.69, 9.17) is 9.47 Å². The lowest BCUT2D eigenvalue weighted by molar-refractivity contribution is -0.175. The van der Waals surface area contributed by atoms with E-state index in [0.717, 1.165) is 0 Å². The number of rotatable bonds is 10. The van der Waals surface area contributed by atoms with Crippen molar-refractivity contribution in [3.63, 3.8) is 0 Å². The first-order valence-electron chi connectivity index (χ1n) is 10.9. The van der Waals surface area contributed by atoms with E-state index < -0.39 is 36.3 Å². The van der Waals surface area contributed by atoms with Gasteiger partial charge >= 0.3 is 12.1 Å². The zero-order valence-electron chi connectivity index (χ0n) is 19.6. The van der Waals surface area contributed by atoms with Crippen molar-refractivity contribution in [1.82, 2.24) is 10.9 Å². The fourth-order valence-electron chi connectivity index (χ4n) is 4.18. The number of hydrazine groups is 1. The molecular formula is C26H27F3N2O5. The molecule has 10 heteroatoms. The van der Waals surface area contributed by atoms with E-state index in [9.17, 15) is 28.2 Å². The number of ether oxygens (including phenoxy) is 2. The van der Waals surface area contributed by atoms with Crippen LogP contribution in [0.2, 0.25) is 0 Å². The Labute approximate surface area is 206 Å². The summed E-state index contributed by atoms with van der Waals surface area (Å²) in [5.74, 6) is -1.15. The van der Waals surface area contributed by atoms with Gasteiger partial charge < -0.3 is 19.7 Å². The molecule has 1 unspecified atom stereocenters. The van der Waals surface area contributed by atoms with Crippen LogP contribution in [0.3, 0.4) is 0 Å². The van der Waals surface area contributed by atoms with E-state index >= 15 is 0 Å². The first-order chi connectivity index (χ1) is 17.2. The van der Waals surface area contributed by atoms with Crippen molar-refractivity contribution in [2.45, 2.75) is 23.7 Å². The fraction of sp³-hybridized carbons (Fsp3) is 0.269. The fourth-order valence-corrected chi connectivity index (χ4v) is 4.18. The number of nitrogens with one attached hydrogen (secondary N) is 2. The van der Waals surface area contributed by atoms with Gasteiger partial charge in [-0.1, -0.05) is 54.6 Å². The minimum Gasteiger partial charge on any atom is -0.497 e. The highest BCUT2D eigenvalue weighted by Crippen LogP contribution is 2.44. The van der Waals surface area contributed by atoms with Crippen LogP contribution < -0.4 is 20.3 Å². The van der Waals surface area contributed by atoms with Crippen LogP contribution >= 0.6 is 0 Å². The molecule has 36 heavy (non-hydrogen) atoms. The molecule has 2 atom stereocenters. The summed E-state index contributed by atoms with van der Waals surface area (Å²) in [5.41, 5.74) is 4.03. The first kappa shape index (κ1) is 27.0. The summed E-state index contributed by atoms with van der Waals surface area (Å²) >= 11 is 0. The number of alkyl halides is 3. The third-order valence-electron chi connectivity index (χ3n) is 5.97. The Bertz CT molecular complexity index is 1080. The smallest absolute Gasteiger partial charge is 0.472 e. The monoisotopic (exact) mass is 504 g/mol. The zero-order valence-corrected chi connectivity index (χ0v) is 19.6. The molecule has 0 saturated carbocycles. The molecule has 7 nitrogen and oxygen atoms in total. The quantitative estimate of drug-likeness (QED) is 0.250. The van der Waals surface area contributed by atoms with Crippen LogP contribution in [0.5, 0.6) is 11.5 Å². The molecule has 0 bridgehead atoms. The Morgan fingerprint density at radius 3 is 1.67 bits per heavy atom. The average Bonchev–Trinajstić information content (AvgIpc) is 2.90. The van der Waals surface area contributed by atoms with E-state index in [2.05, 4.69) is 5.43 Å². The van der Waals surface area contributed by atoms with Gasteiger partial charge in [-0.25, -0.2) is 5.43 Å². The van der Waals surface area contributed by atoms with Gasteiger partial charge in [-0.05, 0) is 41.0 Å². The molecule has 1 amide bonds. The van der Waals surface area contributed by atoms with Crippen LogP contribution in [-0.2, 0) is 10.2 Å². The number of carbonyl (C=O) groups is 1. The van der Waals surface area contributed by atoms with Gasteiger partial charge in [-0.2, -0.15) is 13.2 Å². The summed E-state index contributed by atoms with van der Waals surface area (Å²) in [6.07, 6.45) is -6.72. The Hall–Kier alpha value is -3.60. The van der Waals surface area contributed by atoms with Crippen LogP contribution in [0.15, 0.2) is 78.9 Å². The van der Waals surface area contributed by atoms with E-state index in [-0.39, 0.29) is 0 Å². The molecule has 0 aliphatic heterocycles. The number of carbonyl (C=O) groups excluding carboxylic acids is 1. The summed E-state index contributed by atoms with van der Waals surface area (Å²) in [7, 11) is 3.01. The number of hydrogen-bond donors (Lipinski definition) is 4. The van der Waals surface area contributed by atoms with Crippen LogP contribution in [0.25, 0.3) is 0 Å². The zero-order chi connectivity index (χ0) is 26.3. The SMILES string of the molecule is COc1ccc(C(c2ccccc2)(c2ccc(OC)cc2)C(O)[C@H](CO)NNC(=O)C(F)(F)F)cc1. The molecular weight excluding hydrogens is 477 g/mol. The molecule has 0 fully saturated rings.